The number of halogens is 3. The molecule has 11 nitrogen and oxygen atoms in total. The number of aromatic nitrogens is 5. The number of carbonyl (C=O) groups excluding carboxylic acids is 2. The van der Waals surface area contributed by atoms with Crippen LogP contribution in [-0.2, 0) is 17.5 Å². The predicted octanol–water partition coefficient (Wildman–Crippen LogP) is 2.48. The van der Waals surface area contributed by atoms with Crippen molar-refractivity contribution in [2.24, 2.45) is 5.92 Å². The fourth-order valence-corrected chi connectivity index (χ4v) is 3.75. The summed E-state index contributed by atoms with van der Waals surface area (Å²) < 4.78 is 62.8. The van der Waals surface area contributed by atoms with E-state index < -0.39 is 24.9 Å². The fourth-order valence-electron chi connectivity index (χ4n) is 3.75. The second-order valence-electron chi connectivity index (χ2n) is 8.13. The maximum Gasteiger partial charge on any atom is 0.453 e. The van der Waals surface area contributed by atoms with Gasteiger partial charge in [0.2, 0.25) is 5.91 Å². The van der Waals surface area contributed by atoms with Gasteiger partial charge in [-0.1, -0.05) is 6.07 Å². The van der Waals surface area contributed by atoms with Crippen LogP contribution >= 0.6 is 0 Å². The summed E-state index contributed by atoms with van der Waals surface area (Å²) in [5, 5.41) is 18.8. The summed E-state index contributed by atoms with van der Waals surface area (Å²) in [6.45, 7) is -2.81. The molecule has 0 saturated heterocycles. The lowest BCUT2D eigenvalue weighted by Crippen LogP contribution is -2.27. The maximum absolute atomic E-state index is 13.2. The first kappa shape index (κ1) is 19.1. The number of benzene rings is 1. The third-order valence-corrected chi connectivity index (χ3v) is 5.52. The number of nitrogens with one attached hydrogen (secondary N) is 3. The topological polar surface area (TPSA) is 130 Å². The van der Waals surface area contributed by atoms with Crippen molar-refractivity contribution in [2.75, 3.05) is 29.6 Å². The van der Waals surface area contributed by atoms with E-state index in [1.165, 1.54) is 6.07 Å². The number of carbonyl (C=O) groups is 2. The van der Waals surface area contributed by atoms with E-state index in [-0.39, 0.29) is 41.4 Å². The normalized spacial score (nSPS) is 16.3. The van der Waals surface area contributed by atoms with Crippen molar-refractivity contribution in [3.8, 4) is 5.69 Å². The predicted molar refractivity (Wildman–Crippen MR) is 119 cm³/mol. The van der Waals surface area contributed by atoms with Crippen LogP contribution in [0.1, 0.15) is 39.1 Å². The largest absolute Gasteiger partial charge is 0.453 e. The summed E-state index contributed by atoms with van der Waals surface area (Å²) in [5.41, 5.74) is 0.702. The molecule has 0 unspecified atom stereocenters. The molecule has 0 atom stereocenters. The summed E-state index contributed by atoms with van der Waals surface area (Å²) in [7, 11) is 1.64. The van der Waals surface area contributed by atoms with Gasteiger partial charge in [-0.3, -0.25) is 9.59 Å². The van der Waals surface area contributed by atoms with E-state index in [0.717, 1.165) is 17.5 Å². The molecule has 1 aromatic carbocycles. The van der Waals surface area contributed by atoms with E-state index in [4.69, 9.17) is 4.11 Å². The molecule has 1 aliphatic heterocycles. The zero-order valence-corrected chi connectivity index (χ0v) is 18.1. The van der Waals surface area contributed by atoms with E-state index >= 15 is 0 Å². The summed E-state index contributed by atoms with van der Waals surface area (Å²) in [4.78, 5) is 30.2. The number of alkyl halides is 3. The molecule has 35 heavy (non-hydrogen) atoms. The standard InChI is InChI=1S/C21H20F3N9O2/c1-25-19(35)16-12(8-14(29-30-16)27-18(34)10-6-7-10)26-11-4-3-5-13-17(11)32(2)9-15-28-20(21(22,23)24)31-33(13)15/h3-5,8,10H,6-7,9H2,1-2H3,(H,25,35)(H2,26,27,29,34)/i1D3. The van der Waals surface area contributed by atoms with Crippen LogP contribution in [0.2, 0.25) is 0 Å². The van der Waals surface area contributed by atoms with Crippen LogP contribution in [0.4, 0.5) is 36.1 Å². The van der Waals surface area contributed by atoms with Crippen LogP contribution in [0, 0.1) is 5.92 Å². The number of fused-ring (bicyclic) bond motifs is 3. The third-order valence-electron chi connectivity index (χ3n) is 5.52. The molecule has 3 heterocycles. The molecule has 0 bridgehead atoms. The molecule has 2 amide bonds. The molecule has 2 aliphatic rings. The minimum atomic E-state index is -4.73. The minimum absolute atomic E-state index is 0.00153. The van der Waals surface area contributed by atoms with Crippen molar-refractivity contribution < 1.29 is 26.9 Å². The summed E-state index contributed by atoms with van der Waals surface area (Å²) in [6, 6.07) is 6.05. The van der Waals surface area contributed by atoms with Crippen LogP contribution in [0.15, 0.2) is 24.3 Å². The van der Waals surface area contributed by atoms with Gasteiger partial charge >= 0.3 is 6.18 Å². The lowest BCUT2D eigenvalue weighted by Gasteiger charge is -2.29. The molecule has 5 rings (SSSR count). The Balaban J connectivity index is 1.55. The Kier molecular flexibility index (Phi) is 4.49. The number of rotatable bonds is 5. The van der Waals surface area contributed by atoms with Gasteiger partial charge in [0.1, 0.15) is 0 Å². The van der Waals surface area contributed by atoms with Gasteiger partial charge in [-0.15, -0.1) is 15.3 Å². The van der Waals surface area contributed by atoms with Gasteiger partial charge in [-0.2, -0.15) is 13.2 Å². The SMILES string of the molecule is [2H]C([2H])([2H])NC(=O)c1nnc(NC(=O)C2CC2)cc1Nc1cccc2c1N(C)Cc1nc(C(F)(F)F)nn1-2. The highest BCUT2D eigenvalue weighted by Crippen LogP contribution is 2.39. The summed E-state index contributed by atoms with van der Waals surface area (Å²) >= 11 is 0. The number of hydrogen-bond donors (Lipinski definition) is 3. The average Bonchev–Trinajstić information content (AvgIpc) is 3.56. The Bertz CT molecular complexity index is 1440. The Morgan fingerprint density at radius 3 is 2.71 bits per heavy atom. The first-order valence-electron chi connectivity index (χ1n) is 12.0. The van der Waals surface area contributed by atoms with Crippen molar-refractivity contribution in [2.45, 2.75) is 25.6 Å². The number of nitrogens with zero attached hydrogens (tertiary/aromatic N) is 6. The Hall–Kier alpha value is -4.23. The van der Waals surface area contributed by atoms with Gasteiger partial charge in [-0.25, -0.2) is 9.67 Å². The second kappa shape index (κ2) is 8.21. The molecule has 182 valence electrons. The van der Waals surface area contributed by atoms with Crippen LogP contribution in [0.25, 0.3) is 5.69 Å². The molecule has 2 aromatic heterocycles. The maximum atomic E-state index is 13.2. The molecule has 1 saturated carbocycles. The third kappa shape index (κ3) is 4.22. The van der Waals surface area contributed by atoms with Crippen LogP contribution < -0.4 is 20.9 Å². The molecular weight excluding hydrogens is 467 g/mol. The number of hydrogen-bond acceptors (Lipinski definition) is 8. The highest BCUT2D eigenvalue weighted by atomic mass is 19.4. The highest BCUT2D eigenvalue weighted by Gasteiger charge is 2.39. The van der Waals surface area contributed by atoms with Crippen molar-refractivity contribution in [3.05, 3.63) is 41.6 Å². The van der Waals surface area contributed by atoms with Crippen LogP contribution in [0.3, 0.4) is 0 Å². The minimum Gasteiger partial charge on any atom is -0.364 e. The van der Waals surface area contributed by atoms with E-state index in [1.807, 2.05) is 5.32 Å². The molecular formula is C21H20F3N9O2. The van der Waals surface area contributed by atoms with Crippen LogP contribution in [0.5, 0.6) is 0 Å². The van der Waals surface area contributed by atoms with Gasteiger partial charge in [0.05, 0.1) is 29.3 Å². The average molecular weight is 490 g/mol. The lowest BCUT2D eigenvalue weighted by atomic mass is 10.1. The van der Waals surface area contributed by atoms with Gasteiger partial charge < -0.3 is 20.9 Å². The zero-order chi connectivity index (χ0) is 27.4. The number of para-hydroxylation sites is 1. The Morgan fingerprint density at radius 1 is 1.20 bits per heavy atom. The summed E-state index contributed by atoms with van der Waals surface area (Å²) in [6.07, 6.45) is -3.24. The molecule has 14 heteroatoms. The molecule has 1 fully saturated rings. The van der Waals surface area contributed by atoms with E-state index in [2.05, 4.69) is 30.9 Å². The zero-order valence-electron chi connectivity index (χ0n) is 21.1. The van der Waals surface area contributed by atoms with Crippen LogP contribution in [-0.4, -0.2) is 50.8 Å². The molecule has 0 spiro atoms. The first-order valence-corrected chi connectivity index (χ1v) is 10.5. The van der Waals surface area contributed by atoms with E-state index in [9.17, 15) is 22.8 Å². The first-order chi connectivity index (χ1) is 17.8. The highest BCUT2D eigenvalue weighted by molar-refractivity contribution is 6.00. The molecule has 3 aromatic rings. The lowest BCUT2D eigenvalue weighted by molar-refractivity contribution is -0.144. The van der Waals surface area contributed by atoms with Crippen molar-refractivity contribution >= 4 is 34.7 Å². The molecule has 0 radical (unpaired) electrons. The quantitative estimate of drug-likeness (QED) is 0.497. The Labute approximate surface area is 200 Å². The van der Waals surface area contributed by atoms with Gasteiger partial charge in [-0.05, 0) is 25.0 Å². The second-order valence-corrected chi connectivity index (χ2v) is 8.13. The molecule has 1 aliphatic carbocycles. The van der Waals surface area contributed by atoms with E-state index in [1.54, 1.807) is 30.1 Å². The van der Waals surface area contributed by atoms with Crippen molar-refractivity contribution in [3.63, 3.8) is 0 Å². The van der Waals surface area contributed by atoms with E-state index in [0.29, 0.717) is 17.1 Å². The summed E-state index contributed by atoms with van der Waals surface area (Å²) in [5.74, 6) is -2.61. The van der Waals surface area contributed by atoms with Gasteiger partial charge in [0.25, 0.3) is 11.7 Å². The van der Waals surface area contributed by atoms with Gasteiger partial charge in [0, 0.05) is 30.1 Å². The smallest absolute Gasteiger partial charge is 0.364 e. The fraction of sp³-hybridized carbons (Fsp3) is 0.333. The number of anilines is 4. The van der Waals surface area contributed by atoms with Crippen molar-refractivity contribution in [1.82, 2.24) is 30.3 Å². The number of amides is 2. The monoisotopic (exact) mass is 490 g/mol. The Morgan fingerprint density at radius 2 is 2.00 bits per heavy atom. The van der Waals surface area contributed by atoms with Gasteiger partial charge in [0.15, 0.2) is 17.3 Å². The van der Waals surface area contributed by atoms with Crippen molar-refractivity contribution in [1.29, 1.82) is 0 Å². The molecule has 3 N–H and O–H groups in total.